The largest absolute Gasteiger partial charge is 0.389 e. The number of rotatable bonds is 2. The van der Waals surface area contributed by atoms with E-state index in [0.717, 1.165) is 0 Å². The molecule has 0 radical (unpaired) electrons. The predicted octanol–water partition coefficient (Wildman–Crippen LogP) is 0.836. The first-order chi connectivity index (χ1) is 5.24. The smallest absolute Gasteiger partial charge is 0.178 e. The number of hydrogen-bond donors (Lipinski definition) is 1. The van der Waals surface area contributed by atoms with Crippen molar-refractivity contribution in [2.75, 3.05) is 6.61 Å². The second-order valence-corrected chi connectivity index (χ2v) is 2.86. The fraction of sp³-hybridized carbons (Fsp3) is 0.444. The standard InChI is InChI=1S/C9H14NO/c1-8-4-3-5-10(6-8)9(2)7-11/h3-6,9,11H,7H2,1-2H3/q+1/t9-/m0/s1. The van der Waals surface area contributed by atoms with Crippen molar-refractivity contribution in [1.29, 1.82) is 0 Å². The molecule has 1 rings (SSSR count). The van der Waals surface area contributed by atoms with Gasteiger partial charge in [0.25, 0.3) is 0 Å². The van der Waals surface area contributed by atoms with E-state index in [2.05, 4.69) is 0 Å². The third-order valence-electron chi connectivity index (χ3n) is 1.74. The van der Waals surface area contributed by atoms with Crippen LogP contribution < -0.4 is 4.57 Å². The highest BCUT2D eigenvalue weighted by atomic mass is 16.3. The van der Waals surface area contributed by atoms with E-state index in [0.29, 0.717) is 0 Å². The Morgan fingerprint density at radius 2 is 2.36 bits per heavy atom. The molecule has 0 saturated heterocycles. The fourth-order valence-corrected chi connectivity index (χ4v) is 0.984. The Bertz CT molecular complexity index is 235. The van der Waals surface area contributed by atoms with Crippen LogP contribution in [0.1, 0.15) is 18.5 Å². The predicted molar refractivity (Wildman–Crippen MR) is 43.2 cm³/mol. The molecule has 0 saturated carbocycles. The van der Waals surface area contributed by atoms with Gasteiger partial charge in [-0.3, -0.25) is 0 Å². The van der Waals surface area contributed by atoms with Crippen molar-refractivity contribution >= 4 is 0 Å². The zero-order chi connectivity index (χ0) is 8.27. The van der Waals surface area contributed by atoms with Crippen LogP contribution >= 0.6 is 0 Å². The van der Waals surface area contributed by atoms with Crippen molar-refractivity contribution in [2.45, 2.75) is 19.9 Å². The van der Waals surface area contributed by atoms with Crippen LogP contribution in [0.5, 0.6) is 0 Å². The minimum atomic E-state index is 0.176. The fourth-order valence-electron chi connectivity index (χ4n) is 0.984. The Kier molecular flexibility index (Phi) is 2.60. The first kappa shape index (κ1) is 8.21. The Hall–Kier alpha value is -0.890. The zero-order valence-corrected chi connectivity index (χ0v) is 6.99. The second kappa shape index (κ2) is 3.49. The van der Waals surface area contributed by atoms with Gasteiger partial charge in [-0.15, -0.1) is 0 Å². The maximum Gasteiger partial charge on any atom is 0.178 e. The van der Waals surface area contributed by atoms with Gasteiger partial charge < -0.3 is 5.11 Å². The van der Waals surface area contributed by atoms with E-state index in [9.17, 15) is 0 Å². The van der Waals surface area contributed by atoms with Gasteiger partial charge in [-0.1, -0.05) is 0 Å². The summed E-state index contributed by atoms with van der Waals surface area (Å²) in [6.45, 7) is 4.22. The number of pyridine rings is 1. The lowest BCUT2D eigenvalue weighted by molar-refractivity contribution is -0.721. The van der Waals surface area contributed by atoms with E-state index in [1.165, 1.54) is 5.56 Å². The van der Waals surface area contributed by atoms with Gasteiger partial charge in [0.2, 0.25) is 0 Å². The average Bonchev–Trinajstić information content (AvgIpc) is 2.03. The van der Waals surface area contributed by atoms with Crippen LogP contribution in [0.3, 0.4) is 0 Å². The summed E-state index contributed by atoms with van der Waals surface area (Å²) in [7, 11) is 0. The molecule has 0 amide bonds. The lowest BCUT2D eigenvalue weighted by Gasteiger charge is -2.02. The van der Waals surface area contributed by atoms with Gasteiger partial charge in [0.15, 0.2) is 18.4 Å². The molecule has 0 unspecified atom stereocenters. The summed E-state index contributed by atoms with van der Waals surface area (Å²) in [5.74, 6) is 0. The first-order valence-corrected chi connectivity index (χ1v) is 3.82. The normalized spacial score (nSPS) is 13.0. The number of hydrogen-bond acceptors (Lipinski definition) is 1. The highest BCUT2D eigenvalue weighted by Gasteiger charge is 2.08. The highest BCUT2D eigenvalue weighted by molar-refractivity contribution is 5.01. The molecule has 0 aliphatic carbocycles. The van der Waals surface area contributed by atoms with Gasteiger partial charge >= 0.3 is 0 Å². The second-order valence-electron chi connectivity index (χ2n) is 2.86. The van der Waals surface area contributed by atoms with E-state index >= 15 is 0 Å². The molecule has 2 heteroatoms. The van der Waals surface area contributed by atoms with Crippen LogP contribution in [-0.4, -0.2) is 11.7 Å². The summed E-state index contributed by atoms with van der Waals surface area (Å²) >= 11 is 0. The summed E-state index contributed by atoms with van der Waals surface area (Å²) in [4.78, 5) is 0. The lowest BCUT2D eigenvalue weighted by Crippen LogP contribution is -2.39. The zero-order valence-electron chi connectivity index (χ0n) is 6.99. The van der Waals surface area contributed by atoms with Crippen LogP contribution in [-0.2, 0) is 0 Å². The number of nitrogens with zero attached hydrogens (tertiary/aromatic N) is 1. The van der Waals surface area contributed by atoms with E-state index in [1.54, 1.807) is 0 Å². The summed E-state index contributed by atoms with van der Waals surface area (Å²) in [6, 6.07) is 4.21. The maximum absolute atomic E-state index is 8.86. The number of aromatic nitrogens is 1. The summed E-state index contributed by atoms with van der Waals surface area (Å²) in [5.41, 5.74) is 1.22. The van der Waals surface area contributed by atoms with E-state index < -0.39 is 0 Å². The van der Waals surface area contributed by atoms with Gasteiger partial charge in [-0.2, -0.15) is 0 Å². The highest BCUT2D eigenvalue weighted by Crippen LogP contribution is 1.95. The van der Waals surface area contributed by atoms with Crippen molar-refractivity contribution in [3.05, 3.63) is 30.1 Å². The third-order valence-corrected chi connectivity index (χ3v) is 1.74. The van der Waals surface area contributed by atoms with Gasteiger partial charge in [0.1, 0.15) is 6.61 Å². The molecule has 60 valence electrons. The van der Waals surface area contributed by atoms with Gasteiger partial charge in [0.05, 0.1) is 0 Å². The molecule has 0 aliphatic heterocycles. The Labute approximate surface area is 67.1 Å². The van der Waals surface area contributed by atoms with Crippen molar-refractivity contribution in [3.8, 4) is 0 Å². The minimum absolute atomic E-state index is 0.176. The summed E-state index contributed by atoms with van der Waals surface area (Å²) in [5, 5.41) is 8.86. The van der Waals surface area contributed by atoms with Gasteiger partial charge in [-0.25, -0.2) is 4.57 Å². The SMILES string of the molecule is Cc1ccc[n+]([C@@H](C)CO)c1. The maximum atomic E-state index is 8.86. The molecular formula is C9H14NO+. The minimum Gasteiger partial charge on any atom is -0.389 e. The Balaban J connectivity index is 2.86. The average molecular weight is 152 g/mol. The first-order valence-electron chi connectivity index (χ1n) is 3.82. The molecule has 0 aliphatic rings. The van der Waals surface area contributed by atoms with Crippen LogP contribution in [0.15, 0.2) is 24.5 Å². The molecular weight excluding hydrogens is 138 g/mol. The molecule has 1 aromatic rings. The molecule has 0 aromatic carbocycles. The quantitative estimate of drug-likeness (QED) is 0.624. The molecule has 0 spiro atoms. The molecule has 2 nitrogen and oxygen atoms in total. The van der Waals surface area contributed by atoms with E-state index in [-0.39, 0.29) is 12.6 Å². The molecule has 0 fully saturated rings. The van der Waals surface area contributed by atoms with Gasteiger partial charge in [-0.05, 0) is 13.0 Å². The van der Waals surface area contributed by atoms with Crippen molar-refractivity contribution in [2.24, 2.45) is 0 Å². The van der Waals surface area contributed by atoms with Gasteiger partial charge in [0, 0.05) is 18.6 Å². The van der Waals surface area contributed by atoms with E-state index in [1.807, 2.05) is 42.9 Å². The lowest BCUT2D eigenvalue weighted by atomic mass is 10.3. The molecule has 11 heavy (non-hydrogen) atoms. The van der Waals surface area contributed by atoms with Crippen LogP contribution in [0.25, 0.3) is 0 Å². The monoisotopic (exact) mass is 152 g/mol. The van der Waals surface area contributed by atoms with Crippen molar-refractivity contribution < 1.29 is 9.67 Å². The Morgan fingerprint density at radius 1 is 1.64 bits per heavy atom. The van der Waals surface area contributed by atoms with Crippen LogP contribution in [0, 0.1) is 6.92 Å². The van der Waals surface area contributed by atoms with Crippen LogP contribution in [0.4, 0.5) is 0 Å². The number of aryl methyl sites for hydroxylation is 1. The summed E-state index contributed by atoms with van der Waals surface area (Å²) < 4.78 is 2.01. The topological polar surface area (TPSA) is 24.1 Å². The van der Waals surface area contributed by atoms with E-state index in [4.69, 9.17) is 5.11 Å². The van der Waals surface area contributed by atoms with Crippen molar-refractivity contribution in [3.63, 3.8) is 0 Å². The molecule has 1 aromatic heterocycles. The molecule has 1 N–H and O–H groups in total. The molecule has 1 heterocycles. The number of aliphatic hydroxyl groups is 1. The number of aliphatic hydroxyl groups excluding tert-OH is 1. The third kappa shape index (κ3) is 2.02. The Morgan fingerprint density at radius 3 is 2.91 bits per heavy atom. The molecule has 1 atom stereocenters. The summed E-state index contributed by atoms with van der Waals surface area (Å²) in [6.07, 6.45) is 3.99. The van der Waals surface area contributed by atoms with Crippen molar-refractivity contribution in [1.82, 2.24) is 0 Å². The molecule has 0 bridgehead atoms. The van der Waals surface area contributed by atoms with Crippen LogP contribution in [0.2, 0.25) is 0 Å².